The van der Waals surface area contributed by atoms with Gasteiger partial charge < -0.3 is 19.9 Å². The van der Waals surface area contributed by atoms with Crippen molar-refractivity contribution in [2.45, 2.75) is 6.92 Å². The van der Waals surface area contributed by atoms with E-state index in [0.717, 1.165) is 33.1 Å². The van der Waals surface area contributed by atoms with E-state index in [-0.39, 0.29) is 5.91 Å². The molecular formula is C24H21ClN4O3. The molecule has 2 aromatic heterocycles. The molecule has 1 saturated heterocycles. The fourth-order valence-corrected chi connectivity index (χ4v) is 4.43. The third-order valence-corrected chi connectivity index (χ3v) is 6.34. The van der Waals surface area contributed by atoms with Gasteiger partial charge in [0.2, 0.25) is 0 Å². The van der Waals surface area contributed by atoms with Crippen LogP contribution in [-0.2, 0) is 0 Å². The molecule has 8 heteroatoms. The van der Waals surface area contributed by atoms with Crippen molar-refractivity contribution in [2.75, 3.05) is 26.2 Å². The third kappa shape index (κ3) is 3.54. The zero-order valence-corrected chi connectivity index (χ0v) is 18.2. The summed E-state index contributed by atoms with van der Waals surface area (Å²) in [5.41, 5.74) is 5.07. The number of rotatable bonds is 2. The minimum absolute atomic E-state index is 0.135. The first kappa shape index (κ1) is 20.3. The van der Waals surface area contributed by atoms with Crippen molar-refractivity contribution in [1.29, 1.82) is 0 Å². The lowest BCUT2D eigenvalue weighted by atomic mass is 10.0. The standard InChI is InChI=1S/C24H21ClN4O3/c1-14-13-26-20-5-3-15(10-18(14)20)21-12-19(25)17-4-2-16(11-22(17)27-21)23(30)28-6-8-29(9-7-28)24(31)32/h2-5,10-13,26H,6-9H2,1H3,(H,31,32). The van der Waals surface area contributed by atoms with Crippen LogP contribution >= 0.6 is 11.6 Å². The zero-order valence-electron chi connectivity index (χ0n) is 17.4. The Labute approximate surface area is 189 Å². The third-order valence-electron chi connectivity index (χ3n) is 6.03. The highest BCUT2D eigenvalue weighted by Crippen LogP contribution is 2.31. The van der Waals surface area contributed by atoms with Crippen LogP contribution in [0.4, 0.5) is 4.79 Å². The number of nitrogens with one attached hydrogen (secondary N) is 1. The number of aryl methyl sites for hydroxylation is 1. The number of carbonyl (C=O) groups excluding carboxylic acids is 1. The van der Waals surface area contributed by atoms with Gasteiger partial charge in [-0.3, -0.25) is 4.79 Å². The predicted molar refractivity (Wildman–Crippen MR) is 124 cm³/mol. The number of carbonyl (C=O) groups is 2. The van der Waals surface area contributed by atoms with E-state index in [4.69, 9.17) is 21.7 Å². The van der Waals surface area contributed by atoms with Gasteiger partial charge in [0.1, 0.15) is 0 Å². The molecule has 0 radical (unpaired) electrons. The smallest absolute Gasteiger partial charge is 0.407 e. The van der Waals surface area contributed by atoms with Crippen molar-refractivity contribution in [3.05, 3.63) is 64.8 Å². The van der Waals surface area contributed by atoms with Crippen molar-refractivity contribution >= 4 is 45.4 Å². The number of amides is 2. The normalized spacial score (nSPS) is 14.3. The lowest BCUT2D eigenvalue weighted by Gasteiger charge is -2.33. The minimum atomic E-state index is -0.956. The number of hydrogen-bond acceptors (Lipinski definition) is 3. The highest BCUT2D eigenvalue weighted by molar-refractivity contribution is 6.35. The largest absolute Gasteiger partial charge is 0.465 e. The highest BCUT2D eigenvalue weighted by Gasteiger charge is 2.24. The molecule has 5 rings (SSSR count). The number of halogens is 1. The van der Waals surface area contributed by atoms with Gasteiger partial charge in [0.25, 0.3) is 5.91 Å². The van der Waals surface area contributed by atoms with Crippen LogP contribution in [0.1, 0.15) is 15.9 Å². The molecule has 1 fully saturated rings. The monoisotopic (exact) mass is 448 g/mol. The summed E-state index contributed by atoms with van der Waals surface area (Å²) in [4.78, 5) is 35.2. The van der Waals surface area contributed by atoms with E-state index in [1.54, 1.807) is 17.0 Å². The second kappa shape index (κ2) is 7.84. The first-order valence-corrected chi connectivity index (χ1v) is 10.7. The molecule has 2 aromatic carbocycles. The van der Waals surface area contributed by atoms with Gasteiger partial charge in [0.15, 0.2) is 0 Å². The fourth-order valence-electron chi connectivity index (χ4n) is 4.17. The average Bonchev–Trinajstić information content (AvgIpc) is 3.18. The fraction of sp³-hybridized carbons (Fsp3) is 0.208. The van der Waals surface area contributed by atoms with E-state index < -0.39 is 6.09 Å². The molecule has 7 nitrogen and oxygen atoms in total. The average molecular weight is 449 g/mol. The van der Waals surface area contributed by atoms with Gasteiger partial charge in [-0.25, -0.2) is 9.78 Å². The van der Waals surface area contributed by atoms with Crippen molar-refractivity contribution < 1.29 is 14.7 Å². The number of pyridine rings is 1. The first-order chi connectivity index (χ1) is 15.4. The molecule has 0 unspecified atom stereocenters. The Bertz CT molecular complexity index is 1370. The molecule has 1 aliphatic rings. The lowest BCUT2D eigenvalue weighted by Crippen LogP contribution is -2.50. The van der Waals surface area contributed by atoms with Crippen LogP contribution in [0.2, 0.25) is 5.02 Å². The van der Waals surface area contributed by atoms with Crippen molar-refractivity contribution in [3.8, 4) is 11.3 Å². The Balaban J connectivity index is 1.48. The Kier molecular flexibility index (Phi) is 4.98. The second-order valence-electron chi connectivity index (χ2n) is 8.02. The number of H-pyrrole nitrogens is 1. The highest BCUT2D eigenvalue weighted by atomic mass is 35.5. The minimum Gasteiger partial charge on any atom is -0.465 e. The van der Waals surface area contributed by atoms with E-state index in [2.05, 4.69) is 18.0 Å². The first-order valence-electron chi connectivity index (χ1n) is 10.4. The summed E-state index contributed by atoms with van der Waals surface area (Å²) in [5.74, 6) is -0.135. The Morgan fingerprint density at radius 3 is 2.50 bits per heavy atom. The lowest BCUT2D eigenvalue weighted by molar-refractivity contribution is 0.0625. The number of aromatic amines is 1. The van der Waals surface area contributed by atoms with E-state index in [1.807, 2.05) is 30.5 Å². The van der Waals surface area contributed by atoms with Gasteiger partial charge in [-0.05, 0) is 42.8 Å². The summed E-state index contributed by atoms with van der Waals surface area (Å²) in [7, 11) is 0. The van der Waals surface area contributed by atoms with E-state index >= 15 is 0 Å². The molecular weight excluding hydrogens is 428 g/mol. The summed E-state index contributed by atoms with van der Waals surface area (Å²) in [6, 6.07) is 13.3. The molecule has 0 spiro atoms. The molecule has 32 heavy (non-hydrogen) atoms. The molecule has 1 aliphatic heterocycles. The summed E-state index contributed by atoms with van der Waals surface area (Å²) in [6.45, 7) is 3.41. The predicted octanol–water partition coefficient (Wildman–Crippen LogP) is 4.78. The van der Waals surface area contributed by atoms with Crippen molar-refractivity contribution in [3.63, 3.8) is 0 Å². The number of piperazine rings is 1. The van der Waals surface area contributed by atoms with Crippen LogP contribution in [0.15, 0.2) is 48.7 Å². The SMILES string of the molecule is Cc1c[nH]c2ccc(-c3cc(Cl)c4ccc(C(=O)N5CCN(C(=O)O)CC5)cc4n3)cc12. The number of hydrogen-bond donors (Lipinski definition) is 2. The maximum atomic E-state index is 13.0. The molecule has 0 atom stereocenters. The van der Waals surface area contributed by atoms with Gasteiger partial charge >= 0.3 is 6.09 Å². The van der Waals surface area contributed by atoms with Crippen molar-refractivity contribution in [2.24, 2.45) is 0 Å². The molecule has 162 valence electrons. The zero-order chi connectivity index (χ0) is 22.4. The topological polar surface area (TPSA) is 89.5 Å². The summed E-state index contributed by atoms with van der Waals surface area (Å²) >= 11 is 6.56. The van der Waals surface area contributed by atoms with E-state index in [0.29, 0.717) is 42.3 Å². The molecule has 0 bridgehead atoms. The quantitative estimate of drug-likeness (QED) is 0.461. The van der Waals surface area contributed by atoms with E-state index in [1.165, 1.54) is 4.90 Å². The van der Waals surface area contributed by atoms with Crippen LogP contribution < -0.4 is 0 Å². The van der Waals surface area contributed by atoms with Gasteiger partial charge in [0, 0.05) is 59.8 Å². The van der Waals surface area contributed by atoms with Gasteiger partial charge in [0.05, 0.1) is 16.2 Å². The number of fused-ring (bicyclic) bond motifs is 2. The van der Waals surface area contributed by atoms with Gasteiger partial charge in [-0.15, -0.1) is 0 Å². The number of nitrogens with zero attached hydrogens (tertiary/aromatic N) is 3. The number of benzene rings is 2. The van der Waals surface area contributed by atoms with Crippen LogP contribution in [0.5, 0.6) is 0 Å². The van der Waals surface area contributed by atoms with Crippen LogP contribution in [0, 0.1) is 6.92 Å². The van der Waals surface area contributed by atoms with Gasteiger partial charge in [-0.1, -0.05) is 23.7 Å². The van der Waals surface area contributed by atoms with Crippen LogP contribution in [0.3, 0.4) is 0 Å². The maximum Gasteiger partial charge on any atom is 0.407 e. The summed E-state index contributed by atoms with van der Waals surface area (Å²) < 4.78 is 0. The molecule has 2 N–H and O–H groups in total. The Morgan fingerprint density at radius 2 is 1.75 bits per heavy atom. The summed E-state index contributed by atoms with van der Waals surface area (Å²) in [5, 5.41) is 11.6. The molecule has 2 amide bonds. The molecule has 0 aliphatic carbocycles. The van der Waals surface area contributed by atoms with Crippen LogP contribution in [-0.4, -0.2) is 63.1 Å². The molecule has 4 aromatic rings. The van der Waals surface area contributed by atoms with E-state index in [9.17, 15) is 9.59 Å². The maximum absolute atomic E-state index is 13.0. The Morgan fingerprint density at radius 1 is 1.00 bits per heavy atom. The second-order valence-corrected chi connectivity index (χ2v) is 8.42. The van der Waals surface area contributed by atoms with Crippen LogP contribution in [0.25, 0.3) is 33.1 Å². The number of aromatic nitrogens is 2. The molecule has 3 heterocycles. The van der Waals surface area contributed by atoms with Crippen molar-refractivity contribution in [1.82, 2.24) is 19.8 Å². The van der Waals surface area contributed by atoms with Gasteiger partial charge in [-0.2, -0.15) is 0 Å². The Hall–Kier alpha value is -3.58. The molecule has 0 saturated carbocycles. The summed E-state index contributed by atoms with van der Waals surface area (Å²) in [6.07, 6.45) is 1.02. The number of carboxylic acid groups (broad SMARTS) is 1.